The molecule has 1 fully saturated rings. The molecule has 0 unspecified atom stereocenters. The lowest BCUT2D eigenvalue weighted by molar-refractivity contribution is -0.149. The summed E-state index contributed by atoms with van der Waals surface area (Å²) in [5.74, 6) is -1.98. The summed E-state index contributed by atoms with van der Waals surface area (Å²) in [6, 6.07) is -0.163. The molecular formula is C16H25N3O3. The van der Waals surface area contributed by atoms with Crippen LogP contribution >= 0.6 is 0 Å². The summed E-state index contributed by atoms with van der Waals surface area (Å²) >= 11 is 0. The molecular weight excluding hydrogens is 282 g/mol. The minimum Gasteiger partial charge on any atom is -0.481 e. The Kier molecular flexibility index (Phi) is 5.21. The predicted octanol–water partition coefficient (Wildman–Crippen LogP) is 2.28. The number of aliphatic carboxylic acids is 1. The van der Waals surface area contributed by atoms with E-state index in [1.54, 1.807) is 0 Å². The van der Waals surface area contributed by atoms with Gasteiger partial charge in [-0.25, -0.2) is 0 Å². The smallest absolute Gasteiger partial charge is 0.307 e. The third kappa shape index (κ3) is 3.48. The van der Waals surface area contributed by atoms with Gasteiger partial charge in [0.05, 0.1) is 23.6 Å². The third-order valence-electron chi connectivity index (χ3n) is 4.55. The zero-order valence-electron chi connectivity index (χ0n) is 13.5. The Morgan fingerprint density at radius 1 is 1.41 bits per heavy atom. The average molecular weight is 307 g/mol. The summed E-state index contributed by atoms with van der Waals surface area (Å²) in [6.07, 6.45) is 4.99. The molecule has 0 aromatic carbocycles. The molecule has 6 heteroatoms. The minimum atomic E-state index is -0.859. The zero-order chi connectivity index (χ0) is 16.3. The molecule has 0 spiro atoms. The summed E-state index contributed by atoms with van der Waals surface area (Å²) in [7, 11) is 0. The number of aromatic nitrogens is 2. The summed E-state index contributed by atoms with van der Waals surface area (Å²) in [4.78, 5) is 23.8. The van der Waals surface area contributed by atoms with Crippen LogP contribution in [0.5, 0.6) is 0 Å². The Morgan fingerprint density at radius 3 is 2.59 bits per heavy atom. The molecule has 0 bridgehead atoms. The normalized spacial score (nSPS) is 23.0. The van der Waals surface area contributed by atoms with Gasteiger partial charge in [0.1, 0.15) is 0 Å². The van der Waals surface area contributed by atoms with Crippen LogP contribution in [0.25, 0.3) is 0 Å². The number of carbonyl (C=O) groups is 2. The van der Waals surface area contributed by atoms with Crippen molar-refractivity contribution in [3.8, 4) is 0 Å². The van der Waals surface area contributed by atoms with E-state index in [9.17, 15) is 14.7 Å². The van der Waals surface area contributed by atoms with Crippen molar-refractivity contribution in [2.45, 2.75) is 59.0 Å². The average Bonchev–Trinajstić information content (AvgIpc) is 2.88. The van der Waals surface area contributed by atoms with E-state index in [-0.39, 0.29) is 11.9 Å². The maximum Gasteiger partial charge on any atom is 0.307 e. The van der Waals surface area contributed by atoms with Crippen LogP contribution < -0.4 is 5.32 Å². The molecule has 22 heavy (non-hydrogen) atoms. The SMILES string of the molecule is CCn1cc([C@H](C)NC(=O)[C@H]2CCCC[C@H]2C(=O)O)c(C)n1. The van der Waals surface area contributed by atoms with Gasteiger partial charge in [0.25, 0.3) is 0 Å². The van der Waals surface area contributed by atoms with Gasteiger partial charge in [-0.3, -0.25) is 14.3 Å². The first-order valence-corrected chi connectivity index (χ1v) is 8.01. The van der Waals surface area contributed by atoms with Crippen LogP contribution in [0.4, 0.5) is 0 Å². The van der Waals surface area contributed by atoms with Gasteiger partial charge in [0.15, 0.2) is 0 Å². The lowest BCUT2D eigenvalue weighted by Gasteiger charge is -2.28. The number of nitrogens with zero attached hydrogens (tertiary/aromatic N) is 2. The number of nitrogens with one attached hydrogen (secondary N) is 1. The molecule has 0 aliphatic heterocycles. The molecule has 1 saturated carbocycles. The third-order valence-corrected chi connectivity index (χ3v) is 4.55. The topological polar surface area (TPSA) is 84.2 Å². The zero-order valence-corrected chi connectivity index (χ0v) is 13.5. The number of carbonyl (C=O) groups excluding carboxylic acids is 1. The highest BCUT2D eigenvalue weighted by atomic mass is 16.4. The van der Waals surface area contributed by atoms with Crippen molar-refractivity contribution < 1.29 is 14.7 Å². The number of hydrogen-bond acceptors (Lipinski definition) is 3. The van der Waals surface area contributed by atoms with E-state index in [4.69, 9.17) is 0 Å². The molecule has 122 valence electrons. The second-order valence-electron chi connectivity index (χ2n) is 6.09. The Labute approximate surface area is 130 Å². The molecule has 1 aliphatic rings. The van der Waals surface area contributed by atoms with Crippen LogP contribution in [0.3, 0.4) is 0 Å². The molecule has 2 N–H and O–H groups in total. The Bertz CT molecular complexity index is 553. The fraction of sp³-hybridized carbons (Fsp3) is 0.688. The summed E-state index contributed by atoms with van der Waals surface area (Å²) < 4.78 is 1.84. The Hall–Kier alpha value is -1.85. The first-order valence-electron chi connectivity index (χ1n) is 8.01. The summed E-state index contributed by atoms with van der Waals surface area (Å²) in [6.45, 7) is 6.63. The standard InChI is InChI=1S/C16H25N3O3/c1-4-19-9-14(11(3)18-19)10(2)17-15(20)12-7-5-6-8-13(12)16(21)22/h9-10,12-13H,4-8H2,1-3H3,(H,17,20)(H,21,22)/t10-,12-,13+/m0/s1. The molecule has 1 heterocycles. The summed E-state index contributed by atoms with van der Waals surface area (Å²) in [5.41, 5.74) is 1.88. The van der Waals surface area contributed by atoms with E-state index in [1.165, 1.54) is 0 Å². The van der Waals surface area contributed by atoms with Crippen LogP contribution in [0.1, 0.15) is 56.8 Å². The Morgan fingerprint density at radius 2 is 2.05 bits per heavy atom. The van der Waals surface area contributed by atoms with Gasteiger partial charge in [0, 0.05) is 18.3 Å². The highest BCUT2D eigenvalue weighted by Crippen LogP contribution is 2.31. The number of hydrogen-bond donors (Lipinski definition) is 2. The maximum absolute atomic E-state index is 12.5. The lowest BCUT2D eigenvalue weighted by atomic mass is 9.78. The van der Waals surface area contributed by atoms with E-state index in [1.807, 2.05) is 31.6 Å². The van der Waals surface area contributed by atoms with Crippen molar-refractivity contribution >= 4 is 11.9 Å². The van der Waals surface area contributed by atoms with E-state index < -0.39 is 17.8 Å². The largest absolute Gasteiger partial charge is 0.481 e. The van der Waals surface area contributed by atoms with Gasteiger partial charge in [-0.05, 0) is 33.6 Å². The number of carboxylic acids is 1. The van der Waals surface area contributed by atoms with Gasteiger partial charge in [0.2, 0.25) is 5.91 Å². The second kappa shape index (κ2) is 6.94. The number of amides is 1. The Balaban J connectivity index is 2.06. The van der Waals surface area contributed by atoms with Gasteiger partial charge < -0.3 is 10.4 Å². The van der Waals surface area contributed by atoms with Crippen LogP contribution in [-0.4, -0.2) is 26.8 Å². The minimum absolute atomic E-state index is 0.150. The van der Waals surface area contributed by atoms with Crippen LogP contribution in [0, 0.1) is 18.8 Å². The van der Waals surface area contributed by atoms with Gasteiger partial charge in [-0.2, -0.15) is 5.10 Å². The van der Waals surface area contributed by atoms with Crippen LogP contribution in [-0.2, 0) is 16.1 Å². The first-order chi connectivity index (χ1) is 10.4. The van der Waals surface area contributed by atoms with Crippen LogP contribution in [0.15, 0.2) is 6.20 Å². The molecule has 1 aromatic rings. The molecule has 6 nitrogen and oxygen atoms in total. The molecule has 2 rings (SSSR count). The molecule has 3 atom stereocenters. The van der Waals surface area contributed by atoms with Gasteiger partial charge in [-0.1, -0.05) is 12.8 Å². The molecule has 0 radical (unpaired) electrons. The van der Waals surface area contributed by atoms with Gasteiger partial charge >= 0.3 is 5.97 Å². The summed E-state index contributed by atoms with van der Waals surface area (Å²) in [5, 5.41) is 16.7. The van der Waals surface area contributed by atoms with Crippen molar-refractivity contribution in [3.05, 3.63) is 17.5 Å². The molecule has 1 aromatic heterocycles. The van der Waals surface area contributed by atoms with Crippen molar-refractivity contribution in [1.29, 1.82) is 0 Å². The van der Waals surface area contributed by atoms with E-state index >= 15 is 0 Å². The van der Waals surface area contributed by atoms with E-state index in [0.717, 1.165) is 30.6 Å². The monoisotopic (exact) mass is 307 g/mol. The van der Waals surface area contributed by atoms with Crippen molar-refractivity contribution in [3.63, 3.8) is 0 Å². The molecule has 1 amide bonds. The van der Waals surface area contributed by atoms with Crippen molar-refractivity contribution in [2.75, 3.05) is 0 Å². The van der Waals surface area contributed by atoms with E-state index in [0.29, 0.717) is 12.8 Å². The lowest BCUT2D eigenvalue weighted by Crippen LogP contribution is -2.40. The quantitative estimate of drug-likeness (QED) is 0.874. The van der Waals surface area contributed by atoms with Crippen molar-refractivity contribution in [1.82, 2.24) is 15.1 Å². The molecule has 1 aliphatic carbocycles. The number of aryl methyl sites for hydroxylation is 2. The number of carboxylic acid groups (broad SMARTS) is 1. The maximum atomic E-state index is 12.5. The second-order valence-corrected chi connectivity index (χ2v) is 6.09. The fourth-order valence-electron chi connectivity index (χ4n) is 3.26. The van der Waals surface area contributed by atoms with Crippen LogP contribution in [0.2, 0.25) is 0 Å². The van der Waals surface area contributed by atoms with Crippen molar-refractivity contribution in [2.24, 2.45) is 11.8 Å². The molecule has 0 saturated heterocycles. The van der Waals surface area contributed by atoms with E-state index in [2.05, 4.69) is 10.4 Å². The highest BCUT2D eigenvalue weighted by Gasteiger charge is 2.36. The number of rotatable bonds is 5. The first kappa shape index (κ1) is 16.5. The predicted molar refractivity (Wildman–Crippen MR) is 82.3 cm³/mol. The highest BCUT2D eigenvalue weighted by molar-refractivity contribution is 5.85. The fourth-order valence-corrected chi connectivity index (χ4v) is 3.26. The van der Waals surface area contributed by atoms with Gasteiger partial charge in [-0.15, -0.1) is 0 Å².